The average Bonchev–Trinajstić information content (AvgIpc) is 2.54. The Morgan fingerprint density at radius 1 is 1.17 bits per heavy atom. The highest BCUT2D eigenvalue weighted by Crippen LogP contribution is 2.40. The van der Waals surface area contributed by atoms with Crippen molar-refractivity contribution in [2.75, 3.05) is 7.11 Å². The van der Waals surface area contributed by atoms with Gasteiger partial charge in [-0.15, -0.1) is 0 Å². The zero-order valence-corrected chi connectivity index (χ0v) is 16.0. The monoisotopic (exact) mass is 326 g/mol. The number of aliphatic hydroxyl groups is 1. The van der Waals surface area contributed by atoms with Gasteiger partial charge in [-0.1, -0.05) is 54.4 Å². The summed E-state index contributed by atoms with van der Waals surface area (Å²) in [4.78, 5) is 0. The van der Waals surface area contributed by atoms with Crippen molar-refractivity contribution in [3.05, 3.63) is 29.6 Å². The Balaban J connectivity index is 0.00000232. The molecular weight excluding hydrogens is 291 g/mol. The van der Waals surface area contributed by atoms with Crippen molar-refractivity contribution in [1.29, 1.82) is 0 Å². The topological polar surface area (TPSA) is 29.5 Å². The van der Waals surface area contributed by atoms with Crippen LogP contribution in [0.1, 0.15) is 79.2 Å². The fourth-order valence-electron chi connectivity index (χ4n) is 3.02. The lowest BCUT2D eigenvalue weighted by Gasteiger charge is -2.37. The number of methoxy groups -OCH3 is 1. The van der Waals surface area contributed by atoms with Gasteiger partial charge in [-0.05, 0) is 42.9 Å². The second kappa shape index (κ2) is 9.92. The van der Waals surface area contributed by atoms with E-state index in [1.54, 1.807) is 13.2 Å². The van der Waals surface area contributed by atoms with Gasteiger partial charge in [0.05, 0.1) is 12.7 Å². The number of unbranched alkanes of at least 4 members (excludes halogenated alkanes) is 1. The minimum absolute atomic E-state index is 0.271. The molecular formula is C20H35FO2. The molecule has 0 saturated carbocycles. The molecule has 1 aromatic rings. The van der Waals surface area contributed by atoms with Crippen LogP contribution >= 0.6 is 0 Å². The van der Waals surface area contributed by atoms with Gasteiger partial charge in [-0.3, -0.25) is 0 Å². The van der Waals surface area contributed by atoms with Crippen LogP contribution in [0.3, 0.4) is 0 Å². The molecule has 0 aromatic heterocycles. The standard InChI is InChI=1S/C18H29FO2.C2H6/c1-6-8-11-18(20,7-2)13-17(3,4)15-12-14(19)9-10-16(15)21-5;1-2/h9-10,12,20H,6-8,11,13H2,1-5H3;1-2H3. The summed E-state index contributed by atoms with van der Waals surface area (Å²) in [5.41, 5.74) is -0.253. The molecule has 0 saturated heterocycles. The summed E-state index contributed by atoms with van der Waals surface area (Å²) in [6, 6.07) is 4.58. The van der Waals surface area contributed by atoms with Crippen LogP contribution in [0.15, 0.2) is 18.2 Å². The van der Waals surface area contributed by atoms with Crippen molar-refractivity contribution in [2.45, 2.75) is 84.7 Å². The molecule has 1 aromatic carbocycles. The summed E-state index contributed by atoms with van der Waals surface area (Å²) in [5.74, 6) is 0.405. The largest absolute Gasteiger partial charge is 0.496 e. The molecule has 2 nitrogen and oxygen atoms in total. The molecule has 134 valence electrons. The molecule has 0 amide bonds. The molecule has 1 rings (SSSR count). The van der Waals surface area contributed by atoms with Crippen molar-refractivity contribution < 1.29 is 14.2 Å². The third kappa shape index (κ3) is 6.50. The van der Waals surface area contributed by atoms with Gasteiger partial charge in [0.25, 0.3) is 0 Å². The lowest BCUT2D eigenvalue weighted by atomic mass is 9.72. The van der Waals surface area contributed by atoms with Crippen LogP contribution in [0.5, 0.6) is 5.75 Å². The highest BCUT2D eigenvalue weighted by molar-refractivity contribution is 5.39. The van der Waals surface area contributed by atoms with Crippen molar-refractivity contribution in [3.8, 4) is 5.75 Å². The molecule has 1 N–H and O–H groups in total. The minimum Gasteiger partial charge on any atom is -0.496 e. The zero-order chi connectivity index (χ0) is 18.1. The molecule has 0 aliphatic heterocycles. The minimum atomic E-state index is -0.711. The number of hydrogen-bond donors (Lipinski definition) is 1. The van der Waals surface area contributed by atoms with Crippen molar-refractivity contribution in [2.24, 2.45) is 0 Å². The predicted octanol–water partition coefficient (Wildman–Crippen LogP) is 5.86. The van der Waals surface area contributed by atoms with Gasteiger partial charge in [-0.2, -0.15) is 0 Å². The SMILES string of the molecule is CC.CCCCC(O)(CC)CC(C)(C)c1cc(F)ccc1OC. The number of hydrogen-bond acceptors (Lipinski definition) is 2. The fourth-order valence-corrected chi connectivity index (χ4v) is 3.02. The van der Waals surface area contributed by atoms with E-state index in [1.165, 1.54) is 12.1 Å². The summed E-state index contributed by atoms with van der Waals surface area (Å²) in [6.07, 6.45) is 4.14. The first kappa shape index (κ1) is 21.9. The Labute approximate surface area is 142 Å². The maximum atomic E-state index is 13.6. The second-order valence-corrected chi connectivity index (χ2v) is 6.59. The van der Waals surface area contributed by atoms with Crippen LogP contribution < -0.4 is 4.74 Å². The van der Waals surface area contributed by atoms with Crippen LogP contribution in [-0.4, -0.2) is 17.8 Å². The number of rotatable bonds is 8. The summed E-state index contributed by atoms with van der Waals surface area (Å²) in [7, 11) is 1.59. The van der Waals surface area contributed by atoms with Gasteiger partial charge in [-0.25, -0.2) is 4.39 Å². The molecule has 1 unspecified atom stereocenters. The molecule has 0 aliphatic carbocycles. The van der Waals surface area contributed by atoms with Crippen LogP contribution in [0, 0.1) is 5.82 Å². The summed E-state index contributed by atoms with van der Waals surface area (Å²) in [6.45, 7) is 12.2. The Bertz CT molecular complexity index is 457. The van der Waals surface area contributed by atoms with Gasteiger partial charge < -0.3 is 9.84 Å². The van der Waals surface area contributed by atoms with E-state index in [2.05, 4.69) is 6.92 Å². The van der Waals surface area contributed by atoms with Crippen LogP contribution in [-0.2, 0) is 5.41 Å². The normalized spacial score (nSPS) is 13.8. The number of ether oxygens (including phenoxy) is 1. The smallest absolute Gasteiger partial charge is 0.123 e. The van der Waals surface area contributed by atoms with E-state index < -0.39 is 5.60 Å². The fraction of sp³-hybridized carbons (Fsp3) is 0.700. The molecule has 0 radical (unpaired) electrons. The summed E-state index contributed by atoms with van der Waals surface area (Å²) in [5, 5.41) is 10.8. The highest BCUT2D eigenvalue weighted by atomic mass is 19.1. The van der Waals surface area contributed by atoms with Crippen molar-refractivity contribution in [3.63, 3.8) is 0 Å². The van der Waals surface area contributed by atoms with E-state index in [4.69, 9.17) is 4.74 Å². The lowest BCUT2D eigenvalue weighted by molar-refractivity contribution is -0.000841. The van der Waals surface area contributed by atoms with Gasteiger partial charge in [0.2, 0.25) is 0 Å². The van der Waals surface area contributed by atoms with E-state index in [0.717, 1.165) is 24.8 Å². The van der Waals surface area contributed by atoms with E-state index in [-0.39, 0.29) is 11.2 Å². The van der Waals surface area contributed by atoms with E-state index in [1.807, 2.05) is 34.6 Å². The third-order valence-corrected chi connectivity index (χ3v) is 4.32. The zero-order valence-electron chi connectivity index (χ0n) is 16.0. The molecule has 0 heterocycles. The van der Waals surface area contributed by atoms with Gasteiger partial charge in [0.15, 0.2) is 0 Å². The molecule has 0 aliphatic rings. The Hall–Kier alpha value is -1.09. The first-order valence-electron chi connectivity index (χ1n) is 8.84. The van der Waals surface area contributed by atoms with E-state index >= 15 is 0 Å². The average molecular weight is 326 g/mol. The Morgan fingerprint density at radius 2 is 1.78 bits per heavy atom. The maximum absolute atomic E-state index is 13.6. The molecule has 0 bridgehead atoms. The quantitative estimate of drug-likeness (QED) is 0.648. The lowest BCUT2D eigenvalue weighted by Crippen LogP contribution is -2.36. The summed E-state index contributed by atoms with van der Waals surface area (Å²) >= 11 is 0. The van der Waals surface area contributed by atoms with Crippen molar-refractivity contribution >= 4 is 0 Å². The van der Waals surface area contributed by atoms with Gasteiger partial charge in [0.1, 0.15) is 11.6 Å². The Kier molecular flexibility index (Phi) is 9.45. The van der Waals surface area contributed by atoms with Gasteiger partial charge >= 0.3 is 0 Å². The maximum Gasteiger partial charge on any atom is 0.123 e. The van der Waals surface area contributed by atoms with E-state index in [9.17, 15) is 9.50 Å². The summed E-state index contributed by atoms with van der Waals surface area (Å²) < 4.78 is 19.0. The first-order chi connectivity index (χ1) is 10.8. The molecule has 0 spiro atoms. The molecule has 23 heavy (non-hydrogen) atoms. The van der Waals surface area contributed by atoms with E-state index in [0.29, 0.717) is 18.6 Å². The molecule has 3 heteroatoms. The van der Waals surface area contributed by atoms with Crippen LogP contribution in [0.4, 0.5) is 4.39 Å². The highest BCUT2D eigenvalue weighted by Gasteiger charge is 2.35. The molecule has 0 fully saturated rings. The van der Waals surface area contributed by atoms with Crippen molar-refractivity contribution in [1.82, 2.24) is 0 Å². The number of benzene rings is 1. The first-order valence-corrected chi connectivity index (χ1v) is 8.84. The van der Waals surface area contributed by atoms with Crippen LogP contribution in [0.2, 0.25) is 0 Å². The Morgan fingerprint density at radius 3 is 2.26 bits per heavy atom. The van der Waals surface area contributed by atoms with Crippen LogP contribution in [0.25, 0.3) is 0 Å². The molecule has 1 atom stereocenters. The third-order valence-electron chi connectivity index (χ3n) is 4.32. The predicted molar refractivity (Wildman–Crippen MR) is 96.7 cm³/mol. The number of halogens is 1. The second-order valence-electron chi connectivity index (χ2n) is 6.59. The van der Waals surface area contributed by atoms with Gasteiger partial charge in [0, 0.05) is 5.56 Å².